The smallest absolute Gasteiger partial charge is 0.303 e. The van der Waals surface area contributed by atoms with E-state index in [9.17, 15) is 9.59 Å². The third-order valence-corrected chi connectivity index (χ3v) is 3.00. The topological polar surface area (TPSA) is 92.4 Å². The van der Waals surface area contributed by atoms with E-state index in [1.807, 2.05) is 6.92 Å². The van der Waals surface area contributed by atoms with Crippen LogP contribution in [0.3, 0.4) is 0 Å². The summed E-state index contributed by atoms with van der Waals surface area (Å²) in [4.78, 5) is 21.9. The van der Waals surface area contributed by atoms with Gasteiger partial charge in [0.05, 0.1) is 0 Å². The van der Waals surface area contributed by atoms with Crippen LogP contribution in [0.4, 0.5) is 0 Å². The van der Waals surface area contributed by atoms with Crippen LogP contribution in [0, 0.1) is 11.8 Å². The second kappa shape index (κ2) is 8.98. The Bertz CT molecular complexity index is 244. The van der Waals surface area contributed by atoms with Gasteiger partial charge in [-0.1, -0.05) is 20.3 Å². The number of nitrogens with two attached hydrogens (primary N) is 1. The van der Waals surface area contributed by atoms with Crippen molar-refractivity contribution < 1.29 is 14.7 Å². The van der Waals surface area contributed by atoms with Gasteiger partial charge in [0.1, 0.15) is 0 Å². The van der Waals surface area contributed by atoms with Crippen LogP contribution in [0.25, 0.3) is 0 Å². The van der Waals surface area contributed by atoms with Crippen molar-refractivity contribution in [3.05, 3.63) is 0 Å². The van der Waals surface area contributed by atoms with Gasteiger partial charge in [-0.25, -0.2) is 0 Å². The van der Waals surface area contributed by atoms with Crippen molar-refractivity contribution in [1.82, 2.24) is 5.32 Å². The minimum Gasteiger partial charge on any atom is -0.481 e. The van der Waals surface area contributed by atoms with Crippen molar-refractivity contribution in [1.29, 1.82) is 0 Å². The molecule has 5 nitrogen and oxygen atoms in total. The number of amides is 1. The van der Waals surface area contributed by atoms with Gasteiger partial charge in [-0.2, -0.15) is 0 Å². The Morgan fingerprint density at radius 2 is 2.00 bits per heavy atom. The first-order chi connectivity index (χ1) is 8.01. The Kier molecular flexibility index (Phi) is 8.40. The maximum absolute atomic E-state index is 11.4. The highest BCUT2D eigenvalue weighted by atomic mass is 16.4. The third kappa shape index (κ3) is 7.74. The fraction of sp³-hybridized carbons (Fsp3) is 0.833. The first-order valence-corrected chi connectivity index (χ1v) is 6.20. The average Bonchev–Trinajstić information content (AvgIpc) is 2.31. The molecule has 0 aromatic carbocycles. The first kappa shape index (κ1) is 15.9. The molecular weight excluding hydrogens is 220 g/mol. The summed E-state index contributed by atoms with van der Waals surface area (Å²) in [6, 6.07) is 0. The summed E-state index contributed by atoms with van der Waals surface area (Å²) in [5, 5.41) is 11.4. The molecule has 100 valence electrons. The quantitative estimate of drug-likeness (QED) is 0.563. The number of rotatable bonds is 9. The molecule has 0 aromatic heterocycles. The van der Waals surface area contributed by atoms with Crippen molar-refractivity contribution in [3.8, 4) is 0 Å². The van der Waals surface area contributed by atoms with Gasteiger partial charge in [0, 0.05) is 25.4 Å². The lowest BCUT2D eigenvalue weighted by Gasteiger charge is -2.15. The summed E-state index contributed by atoms with van der Waals surface area (Å²) in [5.74, 6) is -0.585. The Labute approximate surface area is 103 Å². The lowest BCUT2D eigenvalue weighted by atomic mass is 9.96. The van der Waals surface area contributed by atoms with Crippen LogP contribution >= 0.6 is 0 Å². The minimum atomic E-state index is -0.760. The Balaban J connectivity index is 3.76. The van der Waals surface area contributed by atoms with Crippen molar-refractivity contribution in [2.75, 3.05) is 13.1 Å². The van der Waals surface area contributed by atoms with Gasteiger partial charge in [0.25, 0.3) is 0 Å². The lowest BCUT2D eigenvalue weighted by Crippen LogP contribution is -2.34. The normalized spacial score (nSPS) is 14.1. The fourth-order valence-corrected chi connectivity index (χ4v) is 1.56. The number of carbonyl (C=O) groups is 2. The number of carboxylic acids is 1. The summed E-state index contributed by atoms with van der Waals surface area (Å²) in [6.45, 7) is 4.78. The van der Waals surface area contributed by atoms with Gasteiger partial charge in [-0.3, -0.25) is 9.59 Å². The van der Waals surface area contributed by atoms with E-state index in [1.165, 1.54) is 0 Å². The summed E-state index contributed by atoms with van der Waals surface area (Å²) >= 11 is 0. The Morgan fingerprint density at radius 3 is 2.47 bits per heavy atom. The van der Waals surface area contributed by atoms with Gasteiger partial charge in [0.15, 0.2) is 0 Å². The van der Waals surface area contributed by atoms with Crippen molar-refractivity contribution >= 4 is 11.9 Å². The minimum absolute atomic E-state index is 0.0272. The summed E-state index contributed by atoms with van der Waals surface area (Å²) in [7, 11) is 0. The van der Waals surface area contributed by atoms with Gasteiger partial charge in [0.2, 0.25) is 5.91 Å². The summed E-state index contributed by atoms with van der Waals surface area (Å²) in [5.41, 5.74) is 5.39. The zero-order chi connectivity index (χ0) is 13.3. The molecule has 0 spiro atoms. The molecule has 5 heteroatoms. The monoisotopic (exact) mass is 244 g/mol. The molecule has 17 heavy (non-hydrogen) atoms. The third-order valence-electron chi connectivity index (χ3n) is 3.00. The number of hydrogen-bond acceptors (Lipinski definition) is 3. The van der Waals surface area contributed by atoms with E-state index in [0.29, 0.717) is 25.4 Å². The number of hydrogen-bond donors (Lipinski definition) is 3. The van der Waals surface area contributed by atoms with Crippen molar-refractivity contribution in [2.45, 2.75) is 39.5 Å². The molecule has 0 bridgehead atoms. The van der Waals surface area contributed by atoms with Gasteiger partial charge in [-0.05, 0) is 18.8 Å². The molecule has 0 saturated heterocycles. The molecule has 2 atom stereocenters. The van der Waals surface area contributed by atoms with Crippen molar-refractivity contribution in [2.24, 2.45) is 17.6 Å². The van der Waals surface area contributed by atoms with Crippen LogP contribution in [0.15, 0.2) is 0 Å². The number of carbonyl (C=O) groups excluding carboxylic acids is 1. The van der Waals surface area contributed by atoms with E-state index in [2.05, 4.69) is 5.32 Å². The van der Waals surface area contributed by atoms with E-state index >= 15 is 0 Å². The molecular formula is C12H24N2O3. The number of carboxylic acid groups (broad SMARTS) is 1. The zero-order valence-corrected chi connectivity index (χ0v) is 10.7. The second-order valence-electron chi connectivity index (χ2n) is 4.42. The zero-order valence-electron chi connectivity index (χ0n) is 10.7. The largest absolute Gasteiger partial charge is 0.481 e. The van der Waals surface area contributed by atoms with Gasteiger partial charge < -0.3 is 16.2 Å². The second-order valence-corrected chi connectivity index (χ2v) is 4.42. The summed E-state index contributed by atoms with van der Waals surface area (Å²) < 4.78 is 0. The molecule has 1 amide bonds. The number of aliphatic carboxylic acids is 1. The van der Waals surface area contributed by atoms with E-state index < -0.39 is 5.97 Å². The average molecular weight is 244 g/mol. The molecule has 0 fully saturated rings. The Morgan fingerprint density at radius 1 is 1.35 bits per heavy atom. The number of nitrogens with one attached hydrogen (secondary N) is 1. The highest BCUT2D eigenvalue weighted by molar-refractivity contribution is 5.78. The fourth-order valence-electron chi connectivity index (χ4n) is 1.56. The highest BCUT2D eigenvalue weighted by Crippen LogP contribution is 2.14. The van der Waals surface area contributed by atoms with Crippen molar-refractivity contribution in [3.63, 3.8) is 0 Å². The van der Waals surface area contributed by atoms with Crippen LogP contribution in [0.2, 0.25) is 0 Å². The van der Waals surface area contributed by atoms with Crippen LogP contribution in [-0.2, 0) is 9.59 Å². The lowest BCUT2D eigenvalue weighted by molar-refractivity contribution is -0.137. The summed E-state index contributed by atoms with van der Waals surface area (Å²) in [6.07, 6.45) is 2.64. The standard InChI is InChI=1S/C12H24N2O3/c1-3-10(4-5-11(15)16)6-7-14-12(17)9(2)8-13/h9-10H,3-8,13H2,1-2H3,(H,14,17)(H,15,16). The molecule has 0 heterocycles. The molecule has 4 N–H and O–H groups in total. The van der Waals surface area contributed by atoms with Crippen LogP contribution in [-0.4, -0.2) is 30.1 Å². The van der Waals surface area contributed by atoms with E-state index in [-0.39, 0.29) is 18.2 Å². The predicted octanol–water partition coefficient (Wildman–Crippen LogP) is 0.979. The molecule has 0 aliphatic rings. The first-order valence-electron chi connectivity index (χ1n) is 6.20. The molecule has 0 rings (SSSR count). The molecule has 0 aromatic rings. The van der Waals surface area contributed by atoms with Gasteiger partial charge in [-0.15, -0.1) is 0 Å². The SMILES string of the molecule is CCC(CCNC(=O)C(C)CN)CCC(=O)O. The molecule has 2 unspecified atom stereocenters. The molecule has 0 aliphatic carbocycles. The van der Waals surface area contributed by atoms with E-state index in [1.54, 1.807) is 6.92 Å². The Hall–Kier alpha value is -1.10. The predicted molar refractivity (Wildman–Crippen MR) is 66.5 cm³/mol. The van der Waals surface area contributed by atoms with Crippen LogP contribution in [0.5, 0.6) is 0 Å². The van der Waals surface area contributed by atoms with E-state index in [0.717, 1.165) is 12.8 Å². The molecule has 0 radical (unpaired) electrons. The highest BCUT2D eigenvalue weighted by Gasteiger charge is 2.12. The van der Waals surface area contributed by atoms with Gasteiger partial charge >= 0.3 is 5.97 Å². The maximum atomic E-state index is 11.4. The van der Waals surface area contributed by atoms with Crippen LogP contribution in [0.1, 0.15) is 39.5 Å². The maximum Gasteiger partial charge on any atom is 0.303 e. The van der Waals surface area contributed by atoms with E-state index in [4.69, 9.17) is 10.8 Å². The van der Waals surface area contributed by atoms with Crippen LogP contribution < -0.4 is 11.1 Å². The molecule has 0 saturated carbocycles. The molecule has 0 aliphatic heterocycles.